The first kappa shape index (κ1) is 9.77. The van der Waals surface area contributed by atoms with E-state index in [1.807, 2.05) is 18.2 Å². The Morgan fingerprint density at radius 2 is 2.33 bits per heavy atom. The van der Waals surface area contributed by atoms with Crippen LogP contribution in [-0.2, 0) is 11.2 Å². The summed E-state index contributed by atoms with van der Waals surface area (Å²) in [4.78, 5) is 11.2. The van der Waals surface area contributed by atoms with E-state index in [-0.39, 0.29) is 0 Å². The summed E-state index contributed by atoms with van der Waals surface area (Å²) < 4.78 is 5.53. The molecule has 15 heavy (non-hydrogen) atoms. The smallest absolute Gasteiger partial charge is 0.348 e. The summed E-state index contributed by atoms with van der Waals surface area (Å²) in [6, 6.07) is 7.41. The molecule has 1 unspecified atom stereocenters. The van der Waals surface area contributed by atoms with Crippen LogP contribution in [0.1, 0.15) is 12.0 Å². The fraction of sp³-hybridized carbons (Fsp3) is 0.250. The Morgan fingerprint density at radius 3 is 2.93 bits per heavy atom. The Labute approximate surface area is 88.0 Å². The van der Waals surface area contributed by atoms with Crippen LogP contribution in [0.5, 0.6) is 5.75 Å². The molecule has 1 heterocycles. The number of carboxylic acid groups (broad SMARTS) is 1. The van der Waals surface area contributed by atoms with Crippen LogP contribution >= 0.6 is 0 Å². The molecule has 1 N–H and O–H groups in total. The molecule has 3 heteroatoms. The number of rotatable bonds is 3. The van der Waals surface area contributed by atoms with Crippen molar-refractivity contribution in [2.75, 3.05) is 0 Å². The molecule has 0 saturated heterocycles. The minimum absolute atomic E-state index is 0.316. The average Bonchev–Trinajstić information content (AvgIpc) is 2.57. The number of hydrogen-bond acceptors (Lipinski definition) is 2. The summed E-state index contributed by atoms with van der Waals surface area (Å²) in [6.45, 7) is 3.57. The molecule has 78 valence electrons. The Hall–Kier alpha value is -1.77. The Bertz CT molecular complexity index is 384. The number of fused-ring (bicyclic) bond motifs is 1. The molecule has 0 fully saturated rings. The third kappa shape index (κ3) is 1.50. The minimum atomic E-state index is -1.15. The predicted octanol–water partition coefficient (Wildman–Crippen LogP) is 2.02. The lowest BCUT2D eigenvalue weighted by Gasteiger charge is -2.22. The van der Waals surface area contributed by atoms with E-state index < -0.39 is 11.6 Å². The van der Waals surface area contributed by atoms with Crippen molar-refractivity contribution in [1.29, 1.82) is 0 Å². The van der Waals surface area contributed by atoms with Gasteiger partial charge in [-0.2, -0.15) is 0 Å². The standard InChI is InChI=1S/C12H12O3/c1-2-7-12(11(13)14)8-9-5-3-4-6-10(9)15-12/h2-6H,1,7-8H2,(H,13,14). The van der Waals surface area contributed by atoms with Gasteiger partial charge in [0.2, 0.25) is 5.60 Å². The normalized spacial score (nSPS) is 22.9. The second-order valence-electron chi connectivity index (χ2n) is 3.68. The van der Waals surface area contributed by atoms with Gasteiger partial charge in [-0.25, -0.2) is 4.79 Å². The first-order chi connectivity index (χ1) is 7.18. The van der Waals surface area contributed by atoms with Crippen molar-refractivity contribution in [3.05, 3.63) is 42.5 Å². The number of para-hydroxylation sites is 1. The molecule has 0 amide bonds. The molecule has 2 rings (SSSR count). The summed E-state index contributed by atoms with van der Waals surface area (Å²) >= 11 is 0. The number of hydrogen-bond donors (Lipinski definition) is 1. The van der Waals surface area contributed by atoms with Crippen molar-refractivity contribution < 1.29 is 14.6 Å². The SMILES string of the molecule is C=CCC1(C(=O)O)Cc2ccccc2O1. The van der Waals surface area contributed by atoms with Crippen molar-refractivity contribution in [1.82, 2.24) is 0 Å². The molecule has 1 aliphatic heterocycles. The van der Waals surface area contributed by atoms with Gasteiger partial charge in [0.25, 0.3) is 0 Å². The van der Waals surface area contributed by atoms with Crippen LogP contribution in [0.25, 0.3) is 0 Å². The van der Waals surface area contributed by atoms with Gasteiger partial charge in [0.05, 0.1) is 0 Å². The van der Waals surface area contributed by atoms with Gasteiger partial charge in [0.1, 0.15) is 5.75 Å². The molecule has 0 aliphatic carbocycles. The monoisotopic (exact) mass is 204 g/mol. The fourth-order valence-corrected chi connectivity index (χ4v) is 1.86. The molecule has 1 aromatic carbocycles. The second-order valence-corrected chi connectivity index (χ2v) is 3.68. The molecule has 0 saturated carbocycles. The maximum Gasteiger partial charge on any atom is 0.348 e. The summed E-state index contributed by atoms with van der Waals surface area (Å²) in [5, 5.41) is 9.19. The first-order valence-electron chi connectivity index (χ1n) is 4.79. The van der Waals surface area contributed by atoms with Crippen LogP contribution in [0.3, 0.4) is 0 Å². The Balaban J connectivity index is 2.36. The van der Waals surface area contributed by atoms with Crippen molar-refractivity contribution >= 4 is 5.97 Å². The van der Waals surface area contributed by atoms with Crippen molar-refractivity contribution in [2.24, 2.45) is 0 Å². The van der Waals surface area contributed by atoms with Gasteiger partial charge in [-0.05, 0) is 11.6 Å². The summed E-state index contributed by atoms with van der Waals surface area (Å²) in [5.41, 5.74) is -0.201. The molecule has 0 spiro atoms. The molecule has 0 radical (unpaired) electrons. The second kappa shape index (κ2) is 3.42. The van der Waals surface area contributed by atoms with E-state index in [9.17, 15) is 9.90 Å². The van der Waals surface area contributed by atoms with Crippen LogP contribution in [-0.4, -0.2) is 16.7 Å². The molecule has 0 aromatic heterocycles. The lowest BCUT2D eigenvalue weighted by atomic mass is 9.94. The van der Waals surface area contributed by atoms with E-state index in [4.69, 9.17) is 4.74 Å². The van der Waals surface area contributed by atoms with Gasteiger partial charge in [0.15, 0.2) is 0 Å². The lowest BCUT2D eigenvalue weighted by molar-refractivity contribution is -0.153. The zero-order valence-electron chi connectivity index (χ0n) is 8.27. The quantitative estimate of drug-likeness (QED) is 0.766. The van der Waals surface area contributed by atoms with Crippen LogP contribution in [0.4, 0.5) is 0 Å². The lowest BCUT2D eigenvalue weighted by Crippen LogP contribution is -2.42. The first-order valence-corrected chi connectivity index (χ1v) is 4.79. The van der Waals surface area contributed by atoms with Crippen LogP contribution < -0.4 is 4.74 Å². The highest BCUT2D eigenvalue weighted by molar-refractivity contribution is 5.80. The largest absolute Gasteiger partial charge is 0.478 e. The van der Waals surface area contributed by atoms with E-state index in [2.05, 4.69) is 6.58 Å². The molecule has 1 aliphatic rings. The molecular formula is C12H12O3. The van der Waals surface area contributed by atoms with E-state index in [1.165, 1.54) is 0 Å². The van der Waals surface area contributed by atoms with E-state index >= 15 is 0 Å². The Morgan fingerprint density at radius 1 is 1.60 bits per heavy atom. The number of aliphatic carboxylic acids is 1. The third-order valence-corrected chi connectivity index (χ3v) is 2.62. The summed E-state index contributed by atoms with van der Waals surface area (Å²) in [5.74, 6) is -0.264. The molecule has 3 nitrogen and oxygen atoms in total. The third-order valence-electron chi connectivity index (χ3n) is 2.62. The van der Waals surface area contributed by atoms with Crippen LogP contribution in [0.2, 0.25) is 0 Å². The van der Waals surface area contributed by atoms with Crippen molar-refractivity contribution in [3.8, 4) is 5.75 Å². The van der Waals surface area contributed by atoms with Crippen molar-refractivity contribution in [2.45, 2.75) is 18.4 Å². The number of ether oxygens (including phenoxy) is 1. The van der Waals surface area contributed by atoms with Gasteiger partial charge < -0.3 is 9.84 Å². The maximum absolute atomic E-state index is 11.2. The number of carboxylic acids is 1. The van der Waals surface area contributed by atoms with Gasteiger partial charge in [0, 0.05) is 12.8 Å². The van der Waals surface area contributed by atoms with Crippen molar-refractivity contribution in [3.63, 3.8) is 0 Å². The fourth-order valence-electron chi connectivity index (χ4n) is 1.86. The predicted molar refractivity (Wildman–Crippen MR) is 56.0 cm³/mol. The van der Waals surface area contributed by atoms with Crippen LogP contribution in [0.15, 0.2) is 36.9 Å². The topological polar surface area (TPSA) is 46.5 Å². The number of benzene rings is 1. The average molecular weight is 204 g/mol. The van der Waals surface area contributed by atoms with Gasteiger partial charge >= 0.3 is 5.97 Å². The Kier molecular flexibility index (Phi) is 2.23. The van der Waals surface area contributed by atoms with Crippen LogP contribution in [0, 0.1) is 0 Å². The summed E-state index contributed by atoms with van der Waals surface area (Å²) in [7, 11) is 0. The highest BCUT2D eigenvalue weighted by Gasteiger charge is 2.45. The highest BCUT2D eigenvalue weighted by Crippen LogP contribution is 2.37. The van der Waals surface area contributed by atoms with E-state index in [1.54, 1.807) is 12.1 Å². The van der Waals surface area contributed by atoms with Gasteiger partial charge in [-0.1, -0.05) is 24.3 Å². The highest BCUT2D eigenvalue weighted by atomic mass is 16.5. The molecule has 1 aromatic rings. The van der Waals surface area contributed by atoms with E-state index in [0.717, 1.165) is 5.56 Å². The molecule has 1 atom stereocenters. The number of carbonyl (C=O) groups is 1. The van der Waals surface area contributed by atoms with Gasteiger partial charge in [-0.15, -0.1) is 6.58 Å². The molecule has 0 bridgehead atoms. The maximum atomic E-state index is 11.2. The summed E-state index contributed by atoms with van der Waals surface area (Å²) in [6.07, 6.45) is 2.31. The van der Waals surface area contributed by atoms with Gasteiger partial charge in [-0.3, -0.25) is 0 Å². The minimum Gasteiger partial charge on any atom is -0.478 e. The molecular weight excluding hydrogens is 192 g/mol. The zero-order chi connectivity index (χ0) is 10.9. The van der Waals surface area contributed by atoms with E-state index in [0.29, 0.717) is 18.6 Å². The zero-order valence-corrected chi connectivity index (χ0v) is 8.27.